The van der Waals surface area contributed by atoms with Gasteiger partial charge in [0.1, 0.15) is 5.01 Å². The monoisotopic (exact) mass is 387 g/mol. The molecular weight excluding hydrogens is 362 g/mol. The highest BCUT2D eigenvalue weighted by Gasteiger charge is 2.34. The molecule has 0 atom stereocenters. The number of carboxylic acids is 1. The van der Waals surface area contributed by atoms with Crippen molar-refractivity contribution >= 4 is 23.2 Å². The van der Waals surface area contributed by atoms with Gasteiger partial charge in [0, 0.05) is 23.0 Å². The van der Waals surface area contributed by atoms with Gasteiger partial charge in [-0.1, -0.05) is 36.8 Å². The number of benzene rings is 1. The molecule has 1 heterocycles. The van der Waals surface area contributed by atoms with Crippen molar-refractivity contribution < 1.29 is 14.7 Å². The molecule has 1 fully saturated rings. The van der Waals surface area contributed by atoms with Crippen LogP contribution in [0, 0.1) is 6.92 Å². The Morgan fingerprint density at radius 2 is 2.00 bits per heavy atom. The topological polar surface area (TPSA) is 82.5 Å². The number of carbonyl (C=O) groups excluding carboxylic acids is 1. The minimum Gasteiger partial charge on any atom is -0.480 e. The summed E-state index contributed by atoms with van der Waals surface area (Å²) in [4.78, 5) is 29.7. The molecule has 1 aromatic heterocycles. The molecule has 0 unspecified atom stereocenters. The van der Waals surface area contributed by atoms with E-state index in [2.05, 4.69) is 22.4 Å². The summed E-state index contributed by atoms with van der Waals surface area (Å²) in [5.74, 6) is -0.835. The van der Waals surface area contributed by atoms with Gasteiger partial charge in [-0.15, -0.1) is 11.3 Å². The number of carboxylic acid groups (broad SMARTS) is 1. The third-order valence-corrected chi connectivity index (χ3v) is 5.87. The largest absolute Gasteiger partial charge is 0.480 e. The highest BCUT2D eigenvalue weighted by Crippen LogP contribution is 2.26. The molecule has 144 valence electrons. The predicted molar refractivity (Wildman–Crippen MR) is 106 cm³/mol. The summed E-state index contributed by atoms with van der Waals surface area (Å²) in [6.07, 6.45) is 1.88. The van der Waals surface area contributed by atoms with E-state index in [0.717, 1.165) is 29.1 Å². The first-order valence-electron chi connectivity index (χ1n) is 9.21. The maximum Gasteiger partial charge on any atom is 0.317 e. The predicted octanol–water partition coefficient (Wildman–Crippen LogP) is 2.71. The van der Waals surface area contributed by atoms with Crippen LogP contribution in [0.1, 0.15) is 31.0 Å². The maximum atomic E-state index is 12.3. The van der Waals surface area contributed by atoms with E-state index >= 15 is 0 Å². The summed E-state index contributed by atoms with van der Waals surface area (Å²) in [5.41, 5.74) is 3.06. The Labute approximate surface area is 163 Å². The van der Waals surface area contributed by atoms with Gasteiger partial charge < -0.3 is 10.4 Å². The molecule has 0 saturated heterocycles. The summed E-state index contributed by atoms with van der Waals surface area (Å²) in [5, 5.41) is 14.8. The fourth-order valence-corrected chi connectivity index (χ4v) is 4.16. The van der Waals surface area contributed by atoms with Gasteiger partial charge in [-0.2, -0.15) is 0 Å². The lowest BCUT2D eigenvalue weighted by Crippen LogP contribution is -2.55. The van der Waals surface area contributed by atoms with Crippen molar-refractivity contribution in [1.82, 2.24) is 15.2 Å². The number of hydrogen-bond donors (Lipinski definition) is 2. The number of carbonyl (C=O) groups is 2. The zero-order chi connectivity index (χ0) is 19.4. The van der Waals surface area contributed by atoms with Crippen molar-refractivity contribution in [3.05, 3.63) is 40.9 Å². The Balaban J connectivity index is 1.47. The van der Waals surface area contributed by atoms with E-state index in [0.29, 0.717) is 6.54 Å². The second kappa shape index (κ2) is 8.63. The van der Waals surface area contributed by atoms with Crippen LogP contribution in [0.25, 0.3) is 10.6 Å². The molecule has 1 aromatic carbocycles. The van der Waals surface area contributed by atoms with E-state index in [4.69, 9.17) is 5.11 Å². The smallest absolute Gasteiger partial charge is 0.317 e. The van der Waals surface area contributed by atoms with E-state index in [1.807, 2.05) is 36.3 Å². The van der Waals surface area contributed by atoms with Gasteiger partial charge in [-0.25, -0.2) is 4.98 Å². The lowest BCUT2D eigenvalue weighted by atomic mass is 9.85. The first-order valence-corrected chi connectivity index (χ1v) is 10.1. The quantitative estimate of drug-likeness (QED) is 0.728. The summed E-state index contributed by atoms with van der Waals surface area (Å²) in [6.45, 7) is 4.78. The zero-order valence-electron chi connectivity index (χ0n) is 15.6. The van der Waals surface area contributed by atoms with Crippen LogP contribution in [0.3, 0.4) is 0 Å². The Hall–Kier alpha value is -2.25. The number of amides is 1. The lowest BCUT2D eigenvalue weighted by Gasteiger charge is -2.42. The molecule has 0 radical (unpaired) electrons. The van der Waals surface area contributed by atoms with Crippen molar-refractivity contribution in [2.24, 2.45) is 0 Å². The summed E-state index contributed by atoms with van der Waals surface area (Å²) in [7, 11) is 0. The molecule has 2 N–H and O–H groups in total. The van der Waals surface area contributed by atoms with Crippen molar-refractivity contribution in [1.29, 1.82) is 0 Å². The maximum absolute atomic E-state index is 12.3. The standard InChI is InChI=1S/C20H25N3O3S/c1-3-23(11-19(25)26)17-8-15(9-17)21-18(24)10-16-12-27-20(22-16)14-6-4-13(2)5-7-14/h4-7,12,15,17H,3,8-11H2,1-2H3,(H,21,24)(H,25,26). The molecule has 0 spiro atoms. The molecule has 3 rings (SSSR count). The minimum atomic E-state index is -0.808. The third-order valence-electron chi connectivity index (χ3n) is 4.93. The van der Waals surface area contributed by atoms with Crippen LogP contribution in [-0.2, 0) is 16.0 Å². The number of likely N-dealkylation sites (N-methyl/N-ethyl adjacent to an activating group) is 1. The van der Waals surface area contributed by atoms with E-state index in [1.54, 1.807) is 11.3 Å². The first kappa shape index (κ1) is 19.5. The zero-order valence-corrected chi connectivity index (χ0v) is 16.5. The van der Waals surface area contributed by atoms with Crippen LogP contribution in [-0.4, -0.2) is 52.0 Å². The summed E-state index contributed by atoms with van der Waals surface area (Å²) in [6, 6.07) is 8.57. The van der Waals surface area contributed by atoms with Crippen LogP contribution in [0.4, 0.5) is 0 Å². The van der Waals surface area contributed by atoms with Gasteiger partial charge in [0.2, 0.25) is 5.91 Å². The fourth-order valence-electron chi connectivity index (χ4n) is 3.34. The molecule has 1 aliphatic carbocycles. The number of rotatable bonds is 8. The summed E-state index contributed by atoms with van der Waals surface area (Å²) >= 11 is 1.55. The first-order chi connectivity index (χ1) is 12.9. The number of hydrogen-bond acceptors (Lipinski definition) is 5. The molecule has 1 saturated carbocycles. The van der Waals surface area contributed by atoms with Crippen LogP contribution in [0.15, 0.2) is 29.6 Å². The van der Waals surface area contributed by atoms with Crippen LogP contribution in [0.2, 0.25) is 0 Å². The minimum absolute atomic E-state index is 0.0273. The van der Waals surface area contributed by atoms with Gasteiger partial charge in [0.25, 0.3) is 0 Å². The average molecular weight is 388 g/mol. The second-order valence-electron chi connectivity index (χ2n) is 7.03. The van der Waals surface area contributed by atoms with Crippen molar-refractivity contribution in [3.8, 4) is 10.6 Å². The Bertz CT molecular complexity index is 797. The van der Waals surface area contributed by atoms with Gasteiger partial charge in [-0.05, 0) is 26.3 Å². The highest BCUT2D eigenvalue weighted by molar-refractivity contribution is 7.13. The fraction of sp³-hybridized carbons (Fsp3) is 0.450. The van der Waals surface area contributed by atoms with Crippen molar-refractivity contribution in [2.75, 3.05) is 13.1 Å². The normalized spacial score (nSPS) is 18.9. The van der Waals surface area contributed by atoms with Gasteiger partial charge >= 0.3 is 5.97 Å². The molecule has 0 aliphatic heterocycles. The van der Waals surface area contributed by atoms with Gasteiger partial charge in [0.15, 0.2) is 0 Å². The van der Waals surface area contributed by atoms with Crippen molar-refractivity contribution in [3.63, 3.8) is 0 Å². The van der Waals surface area contributed by atoms with Gasteiger partial charge in [0.05, 0.1) is 18.7 Å². The Morgan fingerprint density at radius 3 is 2.63 bits per heavy atom. The van der Waals surface area contributed by atoms with Gasteiger partial charge in [-0.3, -0.25) is 14.5 Å². The number of nitrogens with one attached hydrogen (secondary N) is 1. The molecule has 2 aromatic rings. The molecule has 1 amide bonds. The molecular formula is C20H25N3O3S. The molecule has 27 heavy (non-hydrogen) atoms. The average Bonchev–Trinajstić information content (AvgIpc) is 3.04. The Kier molecular flexibility index (Phi) is 6.23. The third kappa shape index (κ3) is 5.14. The molecule has 1 aliphatic rings. The second-order valence-corrected chi connectivity index (χ2v) is 7.89. The molecule has 0 bridgehead atoms. The SMILES string of the molecule is CCN(CC(=O)O)C1CC(NC(=O)Cc2csc(-c3ccc(C)cc3)n2)C1. The lowest BCUT2D eigenvalue weighted by molar-refractivity contribution is -0.139. The number of thiazole rings is 1. The molecule has 7 heteroatoms. The summed E-state index contributed by atoms with van der Waals surface area (Å²) < 4.78 is 0. The van der Waals surface area contributed by atoms with E-state index in [-0.39, 0.29) is 31.0 Å². The van der Waals surface area contributed by atoms with E-state index in [9.17, 15) is 9.59 Å². The van der Waals surface area contributed by atoms with Crippen LogP contribution < -0.4 is 5.32 Å². The highest BCUT2D eigenvalue weighted by atomic mass is 32.1. The molecule has 6 nitrogen and oxygen atoms in total. The van der Waals surface area contributed by atoms with Crippen molar-refractivity contribution in [2.45, 2.75) is 45.2 Å². The number of aryl methyl sites for hydroxylation is 1. The van der Waals surface area contributed by atoms with Crippen LogP contribution in [0.5, 0.6) is 0 Å². The number of aliphatic carboxylic acids is 1. The Morgan fingerprint density at radius 1 is 1.30 bits per heavy atom. The number of aromatic nitrogens is 1. The van der Waals surface area contributed by atoms with E-state index < -0.39 is 5.97 Å². The van der Waals surface area contributed by atoms with Crippen LogP contribution >= 0.6 is 11.3 Å². The van der Waals surface area contributed by atoms with E-state index in [1.165, 1.54) is 5.56 Å². The number of nitrogens with zero attached hydrogens (tertiary/aromatic N) is 2.